The summed E-state index contributed by atoms with van der Waals surface area (Å²) in [6.45, 7) is 3.68. The van der Waals surface area contributed by atoms with Crippen molar-refractivity contribution in [1.29, 1.82) is 5.26 Å². The van der Waals surface area contributed by atoms with Gasteiger partial charge in [-0.2, -0.15) is 5.26 Å². The van der Waals surface area contributed by atoms with Gasteiger partial charge in [0.1, 0.15) is 0 Å². The molecule has 2 aromatic rings. The van der Waals surface area contributed by atoms with Gasteiger partial charge in [0.05, 0.1) is 30.2 Å². The fourth-order valence-corrected chi connectivity index (χ4v) is 4.71. The van der Waals surface area contributed by atoms with Crippen LogP contribution in [0.4, 0.5) is 0 Å². The number of hydrogen-bond donors (Lipinski definition) is 1. The van der Waals surface area contributed by atoms with E-state index in [9.17, 15) is 10.1 Å². The van der Waals surface area contributed by atoms with Crippen molar-refractivity contribution in [2.75, 3.05) is 7.11 Å². The van der Waals surface area contributed by atoms with E-state index in [4.69, 9.17) is 16.3 Å². The molecule has 0 radical (unpaired) electrons. The molecular weight excluding hydrogens is 404 g/mol. The number of ether oxygens (including phenoxy) is 1. The lowest BCUT2D eigenvalue weighted by molar-refractivity contribution is -0.136. The number of esters is 1. The zero-order chi connectivity index (χ0) is 21.0. The summed E-state index contributed by atoms with van der Waals surface area (Å²) in [5.74, 6) is -0.185. The molecule has 0 aliphatic carbocycles. The summed E-state index contributed by atoms with van der Waals surface area (Å²) < 4.78 is 5.03. The maximum atomic E-state index is 12.6. The molecule has 148 valence electrons. The summed E-state index contributed by atoms with van der Waals surface area (Å²) in [5, 5.41) is 13.7. The Labute approximate surface area is 180 Å². The SMILES string of the molecule is COC(=O)C1=C(C)NC(C)=C(C#N)C1c1ccccc1SCc1cccc(Cl)c1. The highest BCUT2D eigenvalue weighted by Crippen LogP contribution is 2.42. The van der Waals surface area contributed by atoms with Crippen LogP contribution < -0.4 is 5.32 Å². The van der Waals surface area contributed by atoms with E-state index >= 15 is 0 Å². The van der Waals surface area contributed by atoms with Crippen LogP contribution in [0.2, 0.25) is 5.02 Å². The zero-order valence-electron chi connectivity index (χ0n) is 16.5. The molecule has 0 aromatic heterocycles. The Morgan fingerprint density at radius 2 is 1.97 bits per heavy atom. The first-order chi connectivity index (χ1) is 14.0. The molecular formula is C23H21ClN2O2S. The number of benzene rings is 2. The van der Waals surface area contributed by atoms with Gasteiger partial charge in [0, 0.05) is 27.1 Å². The van der Waals surface area contributed by atoms with Gasteiger partial charge in [0.25, 0.3) is 0 Å². The fraction of sp³-hybridized carbons (Fsp3) is 0.217. The second kappa shape index (κ2) is 9.21. The third kappa shape index (κ3) is 4.50. The average molecular weight is 425 g/mol. The monoisotopic (exact) mass is 424 g/mol. The summed E-state index contributed by atoms with van der Waals surface area (Å²) in [7, 11) is 1.36. The van der Waals surface area contributed by atoms with Crippen molar-refractivity contribution in [1.82, 2.24) is 5.32 Å². The van der Waals surface area contributed by atoms with E-state index in [2.05, 4.69) is 11.4 Å². The van der Waals surface area contributed by atoms with E-state index < -0.39 is 11.9 Å². The number of nitrogens with zero attached hydrogens (tertiary/aromatic N) is 1. The lowest BCUT2D eigenvalue weighted by Gasteiger charge is -2.29. The number of rotatable bonds is 5. The number of allylic oxidation sites excluding steroid dienone is 3. The number of hydrogen-bond acceptors (Lipinski definition) is 5. The zero-order valence-corrected chi connectivity index (χ0v) is 18.0. The standard InChI is InChI=1S/C23H21ClN2O2S/c1-14-19(12-25)22(21(15(2)26-14)23(27)28-3)18-9-4-5-10-20(18)29-13-16-7-6-8-17(24)11-16/h4-11,22,26H,13H2,1-3H3. The van der Waals surface area contributed by atoms with Gasteiger partial charge in [-0.15, -0.1) is 11.8 Å². The van der Waals surface area contributed by atoms with Gasteiger partial charge in [-0.3, -0.25) is 0 Å². The molecule has 0 fully saturated rings. The number of thioether (sulfide) groups is 1. The first kappa shape index (κ1) is 21.0. The minimum Gasteiger partial charge on any atom is -0.466 e. The van der Waals surface area contributed by atoms with Crippen LogP contribution >= 0.6 is 23.4 Å². The van der Waals surface area contributed by atoms with Crippen LogP contribution in [0.25, 0.3) is 0 Å². The topological polar surface area (TPSA) is 62.1 Å². The van der Waals surface area contributed by atoms with Gasteiger partial charge in [-0.25, -0.2) is 4.79 Å². The predicted molar refractivity (Wildman–Crippen MR) is 116 cm³/mol. The molecule has 1 atom stereocenters. The Morgan fingerprint density at radius 1 is 1.21 bits per heavy atom. The Balaban J connectivity index is 2.04. The summed E-state index contributed by atoms with van der Waals surface area (Å²) >= 11 is 7.76. The molecule has 2 aromatic carbocycles. The summed E-state index contributed by atoms with van der Waals surface area (Å²) in [5.41, 5.74) is 4.45. The van der Waals surface area contributed by atoms with Gasteiger partial charge in [0.15, 0.2) is 0 Å². The summed E-state index contributed by atoms with van der Waals surface area (Å²) in [4.78, 5) is 13.6. The second-order valence-corrected chi connectivity index (χ2v) is 8.15. The molecule has 0 saturated carbocycles. The number of nitrogens with one attached hydrogen (secondary N) is 1. The molecule has 29 heavy (non-hydrogen) atoms. The quantitative estimate of drug-likeness (QED) is 0.502. The number of carbonyl (C=O) groups excluding carboxylic acids is 1. The van der Waals surface area contributed by atoms with Gasteiger partial charge in [-0.1, -0.05) is 41.9 Å². The van der Waals surface area contributed by atoms with Crippen molar-refractivity contribution in [2.24, 2.45) is 0 Å². The molecule has 1 aliphatic rings. The third-order valence-electron chi connectivity index (χ3n) is 4.80. The summed E-state index contributed by atoms with van der Waals surface area (Å²) in [6, 6.07) is 17.9. The molecule has 0 bridgehead atoms. The summed E-state index contributed by atoms with van der Waals surface area (Å²) in [6.07, 6.45) is 0. The van der Waals surface area contributed by atoms with Crippen LogP contribution in [0.5, 0.6) is 0 Å². The molecule has 0 saturated heterocycles. The number of methoxy groups -OCH3 is 1. The first-order valence-corrected chi connectivity index (χ1v) is 10.5. The maximum absolute atomic E-state index is 12.6. The molecule has 1 unspecified atom stereocenters. The van der Waals surface area contributed by atoms with Crippen LogP contribution in [0.1, 0.15) is 30.9 Å². The second-order valence-electron chi connectivity index (χ2n) is 6.70. The normalized spacial score (nSPS) is 16.3. The van der Waals surface area contributed by atoms with Crippen molar-refractivity contribution >= 4 is 29.3 Å². The number of dihydropyridines is 1. The van der Waals surface area contributed by atoms with Crippen LogP contribution in [-0.4, -0.2) is 13.1 Å². The van der Waals surface area contributed by atoms with Crippen molar-refractivity contribution < 1.29 is 9.53 Å². The van der Waals surface area contributed by atoms with Gasteiger partial charge in [0.2, 0.25) is 0 Å². The van der Waals surface area contributed by atoms with Gasteiger partial charge < -0.3 is 10.1 Å². The highest BCUT2D eigenvalue weighted by Gasteiger charge is 2.35. The van der Waals surface area contributed by atoms with E-state index in [1.807, 2.05) is 62.4 Å². The van der Waals surface area contributed by atoms with Crippen LogP contribution in [-0.2, 0) is 15.3 Å². The third-order valence-corrected chi connectivity index (χ3v) is 6.20. The van der Waals surface area contributed by atoms with E-state index in [1.54, 1.807) is 11.8 Å². The molecule has 4 nitrogen and oxygen atoms in total. The first-order valence-electron chi connectivity index (χ1n) is 9.09. The van der Waals surface area contributed by atoms with Crippen LogP contribution in [0.3, 0.4) is 0 Å². The Hall–Kier alpha value is -2.68. The highest BCUT2D eigenvalue weighted by molar-refractivity contribution is 7.98. The fourth-order valence-electron chi connectivity index (χ4n) is 3.47. The van der Waals surface area contributed by atoms with E-state index in [1.165, 1.54) is 7.11 Å². The maximum Gasteiger partial charge on any atom is 0.336 e. The van der Waals surface area contributed by atoms with Gasteiger partial charge in [-0.05, 0) is 43.2 Å². The lowest BCUT2D eigenvalue weighted by Crippen LogP contribution is -2.28. The minimum absolute atomic E-state index is 0.435. The van der Waals surface area contributed by atoms with Crippen molar-refractivity contribution in [3.8, 4) is 6.07 Å². The van der Waals surface area contributed by atoms with Crippen LogP contribution in [0.15, 0.2) is 76.0 Å². The molecule has 1 heterocycles. The van der Waals surface area contributed by atoms with E-state index in [0.29, 0.717) is 21.9 Å². The minimum atomic E-state index is -0.475. The van der Waals surface area contributed by atoms with E-state index in [-0.39, 0.29) is 0 Å². The van der Waals surface area contributed by atoms with Crippen molar-refractivity contribution in [3.05, 3.63) is 87.2 Å². The largest absolute Gasteiger partial charge is 0.466 e. The molecule has 0 spiro atoms. The van der Waals surface area contributed by atoms with Gasteiger partial charge >= 0.3 is 5.97 Å². The smallest absolute Gasteiger partial charge is 0.336 e. The lowest BCUT2D eigenvalue weighted by atomic mass is 9.81. The number of carbonyl (C=O) groups is 1. The number of halogens is 1. The molecule has 3 rings (SSSR count). The molecule has 6 heteroatoms. The Morgan fingerprint density at radius 3 is 2.66 bits per heavy atom. The van der Waals surface area contributed by atoms with Crippen LogP contribution in [0, 0.1) is 11.3 Å². The predicted octanol–water partition coefficient (Wildman–Crippen LogP) is 5.56. The van der Waals surface area contributed by atoms with Crippen molar-refractivity contribution in [2.45, 2.75) is 30.4 Å². The average Bonchev–Trinajstić information content (AvgIpc) is 2.71. The Bertz CT molecular complexity index is 1050. The highest BCUT2D eigenvalue weighted by atomic mass is 35.5. The molecule has 1 aliphatic heterocycles. The number of nitriles is 1. The van der Waals surface area contributed by atoms with Crippen molar-refractivity contribution in [3.63, 3.8) is 0 Å². The molecule has 0 amide bonds. The van der Waals surface area contributed by atoms with E-state index in [0.717, 1.165) is 27.5 Å². The Kier molecular flexibility index (Phi) is 6.68. The molecule has 1 N–H and O–H groups in total.